The third kappa shape index (κ3) is 5.08. The van der Waals surface area contributed by atoms with E-state index in [1.807, 2.05) is 0 Å². The van der Waals surface area contributed by atoms with Gasteiger partial charge in [-0.15, -0.1) is 0 Å². The van der Waals surface area contributed by atoms with Gasteiger partial charge < -0.3 is 15.4 Å². The highest BCUT2D eigenvalue weighted by atomic mass is 35.5. The monoisotopic (exact) mass is 306 g/mol. The largest absolute Gasteiger partial charge is 0.465 e. The second-order valence-electron chi connectivity index (χ2n) is 3.24. The smallest absolute Gasteiger partial charge is 0.325 e. The van der Waals surface area contributed by atoms with Crippen LogP contribution in [0.25, 0.3) is 0 Å². The molecule has 0 atom stereocenters. The number of rotatable bonds is 4. The summed E-state index contributed by atoms with van der Waals surface area (Å²) < 4.78 is 4.75. The van der Waals surface area contributed by atoms with Crippen molar-refractivity contribution in [1.29, 1.82) is 0 Å². The lowest BCUT2D eigenvalue weighted by Gasteiger charge is -2.11. The molecule has 0 amide bonds. The van der Waals surface area contributed by atoms with Gasteiger partial charge in [0, 0.05) is 5.02 Å². The van der Waals surface area contributed by atoms with Gasteiger partial charge in [0.15, 0.2) is 5.11 Å². The van der Waals surface area contributed by atoms with Crippen LogP contribution in [-0.2, 0) is 9.53 Å². The zero-order chi connectivity index (χ0) is 13.5. The van der Waals surface area contributed by atoms with E-state index in [2.05, 4.69) is 10.6 Å². The van der Waals surface area contributed by atoms with Gasteiger partial charge in [0.25, 0.3) is 0 Å². The molecule has 0 unspecified atom stereocenters. The molecule has 0 aliphatic heterocycles. The summed E-state index contributed by atoms with van der Waals surface area (Å²) in [6.45, 7) is 2.07. The van der Waals surface area contributed by atoms with E-state index in [0.29, 0.717) is 22.3 Å². The van der Waals surface area contributed by atoms with Gasteiger partial charge in [-0.2, -0.15) is 0 Å². The van der Waals surface area contributed by atoms with Crippen molar-refractivity contribution in [2.75, 3.05) is 18.5 Å². The minimum atomic E-state index is -0.376. The molecule has 0 fully saturated rings. The predicted octanol–water partition coefficient (Wildman–Crippen LogP) is 2.84. The van der Waals surface area contributed by atoms with E-state index in [0.717, 1.165) is 0 Å². The number of ether oxygens (including phenoxy) is 1. The van der Waals surface area contributed by atoms with Crippen molar-refractivity contribution in [3.05, 3.63) is 28.2 Å². The molecule has 0 saturated carbocycles. The number of nitrogens with one attached hydrogen (secondary N) is 2. The summed E-state index contributed by atoms with van der Waals surface area (Å²) in [6.07, 6.45) is 0. The van der Waals surface area contributed by atoms with Gasteiger partial charge in [0.2, 0.25) is 0 Å². The molecule has 2 N–H and O–H groups in total. The average Bonchev–Trinajstić information content (AvgIpc) is 2.32. The molecule has 7 heteroatoms. The van der Waals surface area contributed by atoms with Crippen LogP contribution in [-0.4, -0.2) is 24.2 Å². The maximum atomic E-state index is 11.1. The Balaban J connectivity index is 2.49. The van der Waals surface area contributed by atoms with Crippen molar-refractivity contribution in [2.45, 2.75) is 6.92 Å². The van der Waals surface area contributed by atoms with Crippen LogP contribution in [0.1, 0.15) is 6.92 Å². The van der Waals surface area contributed by atoms with Crippen molar-refractivity contribution in [2.24, 2.45) is 0 Å². The Morgan fingerprint density at radius 1 is 1.44 bits per heavy atom. The minimum Gasteiger partial charge on any atom is -0.465 e. The van der Waals surface area contributed by atoms with Gasteiger partial charge in [-0.3, -0.25) is 4.79 Å². The van der Waals surface area contributed by atoms with Crippen LogP contribution < -0.4 is 10.6 Å². The number of hydrogen-bond acceptors (Lipinski definition) is 3. The van der Waals surface area contributed by atoms with Crippen molar-refractivity contribution in [3.63, 3.8) is 0 Å². The molecule has 98 valence electrons. The molecule has 0 aliphatic rings. The highest BCUT2D eigenvalue weighted by molar-refractivity contribution is 7.80. The van der Waals surface area contributed by atoms with E-state index in [1.165, 1.54) is 0 Å². The Labute approximate surface area is 121 Å². The molecule has 0 heterocycles. The molecule has 0 saturated heterocycles. The van der Waals surface area contributed by atoms with E-state index < -0.39 is 0 Å². The van der Waals surface area contributed by atoms with Gasteiger partial charge in [-0.25, -0.2) is 0 Å². The number of benzene rings is 1. The molecule has 18 heavy (non-hydrogen) atoms. The number of anilines is 1. The molecule has 0 aromatic heterocycles. The zero-order valence-corrected chi connectivity index (χ0v) is 12.0. The normalized spacial score (nSPS) is 9.72. The third-order valence-corrected chi connectivity index (χ3v) is 2.69. The second-order valence-corrected chi connectivity index (χ2v) is 4.49. The Morgan fingerprint density at radius 2 is 2.17 bits per heavy atom. The lowest BCUT2D eigenvalue weighted by Crippen LogP contribution is -2.33. The van der Waals surface area contributed by atoms with Gasteiger partial charge >= 0.3 is 5.97 Å². The van der Waals surface area contributed by atoms with Crippen LogP contribution >= 0.6 is 35.4 Å². The van der Waals surface area contributed by atoms with Crippen LogP contribution in [0.4, 0.5) is 5.69 Å². The first-order valence-electron chi connectivity index (χ1n) is 5.18. The molecule has 0 aliphatic carbocycles. The number of esters is 1. The summed E-state index contributed by atoms with van der Waals surface area (Å²) in [5.74, 6) is -0.376. The van der Waals surface area contributed by atoms with Crippen molar-refractivity contribution in [1.82, 2.24) is 5.32 Å². The summed E-state index contributed by atoms with van der Waals surface area (Å²) >= 11 is 16.8. The van der Waals surface area contributed by atoms with Crippen molar-refractivity contribution in [3.8, 4) is 0 Å². The fraction of sp³-hybridized carbons (Fsp3) is 0.273. The van der Waals surface area contributed by atoms with Gasteiger partial charge in [-0.1, -0.05) is 23.2 Å². The fourth-order valence-corrected chi connectivity index (χ4v) is 1.64. The summed E-state index contributed by atoms with van der Waals surface area (Å²) in [6, 6.07) is 4.96. The first kappa shape index (κ1) is 15.0. The predicted molar refractivity (Wildman–Crippen MR) is 77.3 cm³/mol. The highest BCUT2D eigenvalue weighted by Gasteiger charge is 2.06. The molecule has 0 spiro atoms. The maximum Gasteiger partial charge on any atom is 0.325 e. The van der Waals surface area contributed by atoms with Crippen molar-refractivity contribution >= 4 is 52.2 Å². The van der Waals surface area contributed by atoms with Crippen LogP contribution in [0.15, 0.2) is 18.2 Å². The Hall–Kier alpha value is -1.04. The SMILES string of the molecule is CCOC(=O)CNC(=S)Nc1cc(Cl)ccc1Cl. The van der Waals surface area contributed by atoms with E-state index >= 15 is 0 Å². The van der Waals surface area contributed by atoms with E-state index in [4.69, 9.17) is 40.2 Å². The molecular formula is C11H12Cl2N2O2S. The summed E-state index contributed by atoms with van der Waals surface area (Å²) in [7, 11) is 0. The zero-order valence-electron chi connectivity index (χ0n) is 9.63. The number of thiocarbonyl (C=S) groups is 1. The quantitative estimate of drug-likeness (QED) is 0.662. The molecule has 0 radical (unpaired) electrons. The second kappa shape index (κ2) is 7.41. The Bertz CT molecular complexity index is 455. The Kier molecular flexibility index (Phi) is 6.18. The van der Waals surface area contributed by atoms with E-state index in [-0.39, 0.29) is 17.6 Å². The van der Waals surface area contributed by atoms with E-state index in [1.54, 1.807) is 25.1 Å². The molecule has 1 aromatic carbocycles. The lowest BCUT2D eigenvalue weighted by molar-refractivity contribution is -0.141. The highest BCUT2D eigenvalue weighted by Crippen LogP contribution is 2.25. The van der Waals surface area contributed by atoms with Crippen LogP contribution in [0.5, 0.6) is 0 Å². The third-order valence-electron chi connectivity index (χ3n) is 1.88. The van der Waals surface area contributed by atoms with E-state index in [9.17, 15) is 4.79 Å². The molecule has 0 bridgehead atoms. The topological polar surface area (TPSA) is 50.4 Å². The van der Waals surface area contributed by atoms with Crippen LogP contribution in [0.3, 0.4) is 0 Å². The molecule has 1 rings (SSSR count). The maximum absolute atomic E-state index is 11.1. The van der Waals surface area contributed by atoms with Gasteiger partial charge in [0.05, 0.1) is 17.3 Å². The molecule has 4 nitrogen and oxygen atoms in total. The average molecular weight is 307 g/mol. The molecular weight excluding hydrogens is 295 g/mol. The van der Waals surface area contributed by atoms with Crippen LogP contribution in [0.2, 0.25) is 10.0 Å². The van der Waals surface area contributed by atoms with Crippen LogP contribution in [0, 0.1) is 0 Å². The minimum absolute atomic E-state index is 0.00212. The summed E-state index contributed by atoms with van der Waals surface area (Å²) in [5, 5.41) is 6.84. The number of hydrogen-bond donors (Lipinski definition) is 2. The van der Waals surface area contributed by atoms with Crippen molar-refractivity contribution < 1.29 is 9.53 Å². The van der Waals surface area contributed by atoms with Gasteiger partial charge in [-0.05, 0) is 37.3 Å². The fourth-order valence-electron chi connectivity index (χ4n) is 1.12. The molecule has 1 aromatic rings. The number of carbonyl (C=O) groups is 1. The summed E-state index contributed by atoms with van der Waals surface area (Å²) in [4.78, 5) is 11.1. The number of halogens is 2. The summed E-state index contributed by atoms with van der Waals surface area (Å²) in [5.41, 5.74) is 0.575. The Morgan fingerprint density at radius 3 is 2.83 bits per heavy atom. The standard InChI is InChI=1S/C11H12Cl2N2O2S/c1-2-17-10(16)6-14-11(18)15-9-5-7(12)3-4-8(9)13/h3-5H,2,6H2,1H3,(H2,14,15,18). The number of carbonyl (C=O) groups excluding carboxylic acids is 1. The van der Waals surface area contributed by atoms with Gasteiger partial charge in [0.1, 0.15) is 6.54 Å². The lowest BCUT2D eigenvalue weighted by atomic mass is 10.3. The first-order chi connectivity index (χ1) is 8.52. The first-order valence-corrected chi connectivity index (χ1v) is 6.35.